The third-order valence-electron chi connectivity index (χ3n) is 2.72. The average molecular weight is 335 g/mol. The number of ether oxygens (including phenoxy) is 1. The SMILES string of the molecule is CC(C)(C)OC(=O)N[C@@H](CC=O)c1cc(C(F)(F)F)ccc1F. The summed E-state index contributed by atoms with van der Waals surface area (Å²) < 4.78 is 57.0. The highest BCUT2D eigenvalue weighted by molar-refractivity contribution is 5.69. The number of amides is 1. The fourth-order valence-corrected chi connectivity index (χ4v) is 1.80. The average Bonchev–Trinajstić information content (AvgIpc) is 2.35. The smallest absolute Gasteiger partial charge is 0.416 e. The Kier molecular flexibility index (Phi) is 5.74. The summed E-state index contributed by atoms with van der Waals surface area (Å²) in [6, 6.07) is 0.544. The second kappa shape index (κ2) is 6.97. The van der Waals surface area contributed by atoms with E-state index in [1.807, 2.05) is 0 Å². The number of nitrogens with one attached hydrogen (secondary N) is 1. The first kappa shape index (κ1) is 18.9. The Bertz CT molecular complexity index is 579. The van der Waals surface area contributed by atoms with Crippen molar-refractivity contribution in [3.05, 3.63) is 35.1 Å². The minimum Gasteiger partial charge on any atom is -0.444 e. The molecule has 4 nitrogen and oxygen atoms in total. The molecule has 23 heavy (non-hydrogen) atoms. The number of carbonyl (C=O) groups excluding carboxylic acids is 2. The normalized spacial score (nSPS) is 13.3. The maximum atomic E-state index is 13.8. The quantitative estimate of drug-likeness (QED) is 0.668. The fraction of sp³-hybridized carbons (Fsp3) is 0.467. The summed E-state index contributed by atoms with van der Waals surface area (Å²) >= 11 is 0. The van der Waals surface area contributed by atoms with Crippen molar-refractivity contribution in [3.63, 3.8) is 0 Å². The minimum atomic E-state index is -4.67. The van der Waals surface area contributed by atoms with E-state index in [4.69, 9.17) is 4.74 Å². The lowest BCUT2D eigenvalue weighted by molar-refractivity contribution is -0.137. The lowest BCUT2D eigenvalue weighted by Crippen LogP contribution is -2.35. The van der Waals surface area contributed by atoms with E-state index in [2.05, 4.69) is 5.32 Å². The van der Waals surface area contributed by atoms with Crippen LogP contribution in [0.15, 0.2) is 18.2 Å². The van der Waals surface area contributed by atoms with Gasteiger partial charge in [-0.15, -0.1) is 0 Å². The van der Waals surface area contributed by atoms with Crippen molar-refractivity contribution >= 4 is 12.4 Å². The topological polar surface area (TPSA) is 55.4 Å². The van der Waals surface area contributed by atoms with Crippen molar-refractivity contribution < 1.29 is 31.9 Å². The number of hydrogen-bond donors (Lipinski definition) is 1. The molecule has 1 N–H and O–H groups in total. The van der Waals surface area contributed by atoms with Crippen LogP contribution in [0.5, 0.6) is 0 Å². The van der Waals surface area contributed by atoms with E-state index in [0.29, 0.717) is 24.5 Å². The zero-order chi connectivity index (χ0) is 17.8. The van der Waals surface area contributed by atoms with E-state index >= 15 is 0 Å². The van der Waals surface area contributed by atoms with E-state index in [-0.39, 0.29) is 0 Å². The van der Waals surface area contributed by atoms with Crippen LogP contribution >= 0.6 is 0 Å². The van der Waals surface area contributed by atoms with Gasteiger partial charge in [0.1, 0.15) is 17.7 Å². The van der Waals surface area contributed by atoms with Crippen molar-refractivity contribution in [2.24, 2.45) is 0 Å². The van der Waals surface area contributed by atoms with E-state index in [1.54, 1.807) is 20.8 Å². The highest BCUT2D eigenvalue weighted by atomic mass is 19.4. The molecule has 0 aromatic heterocycles. The standard InChI is InChI=1S/C15H17F4NO3/c1-14(2,3)23-13(22)20-12(6-7-21)10-8-9(15(17,18)19)4-5-11(10)16/h4-5,7-8,12H,6H2,1-3H3,(H,20,22)/t12-/m0/s1. The van der Waals surface area contributed by atoms with Gasteiger partial charge in [0.05, 0.1) is 11.6 Å². The van der Waals surface area contributed by atoms with Crippen LogP contribution in [0, 0.1) is 5.82 Å². The van der Waals surface area contributed by atoms with Gasteiger partial charge >= 0.3 is 12.3 Å². The predicted octanol–water partition coefficient (Wildman–Crippen LogP) is 4.00. The van der Waals surface area contributed by atoms with Gasteiger partial charge < -0.3 is 14.8 Å². The van der Waals surface area contributed by atoms with Gasteiger partial charge in [-0.05, 0) is 39.0 Å². The molecule has 1 aromatic carbocycles. The predicted molar refractivity (Wildman–Crippen MR) is 74.2 cm³/mol. The maximum absolute atomic E-state index is 13.8. The van der Waals surface area contributed by atoms with Crippen molar-refractivity contribution in [1.82, 2.24) is 5.32 Å². The first-order chi connectivity index (χ1) is 10.4. The summed E-state index contributed by atoms with van der Waals surface area (Å²) in [7, 11) is 0. The largest absolute Gasteiger partial charge is 0.444 e. The molecule has 128 valence electrons. The van der Waals surface area contributed by atoms with Gasteiger partial charge in [0.25, 0.3) is 0 Å². The number of carbonyl (C=O) groups is 2. The third kappa shape index (κ3) is 5.88. The van der Waals surface area contributed by atoms with Crippen LogP contribution in [0.25, 0.3) is 0 Å². The first-order valence-electron chi connectivity index (χ1n) is 6.74. The number of aldehydes is 1. The van der Waals surface area contributed by atoms with E-state index in [1.165, 1.54) is 0 Å². The molecule has 0 saturated carbocycles. The van der Waals surface area contributed by atoms with Crippen LogP contribution < -0.4 is 5.32 Å². The number of hydrogen-bond acceptors (Lipinski definition) is 3. The molecule has 0 fully saturated rings. The molecule has 1 atom stereocenters. The molecule has 0 heterocycles. The zero-order valence-corrected chi connectivity index (χ0v) is 12.8. The highest BCUT2D eigenvalue weighted by Gasteiger charge is 2.32. The van der Waals surface area contributed by atoms with Gasteiger partial charge in [0.2, 0.25) is 0 Å². The van der Waals surface area contributed by atoms with Crippen LogP contribution in [0.4, 0.5) is 22.4 Å². The Morgan fingerprint density at radius 2 is 1.91 bits per heavy atom. The van der Waals surface area contributed by atoms with Gasteiger partial charge in [-0.2, -0.15) is 13.2 Å². The Hall–Kier alpha value is -2.12. The number of halogens is 4. The molecule has 1 amide bonds. The van der Waals surface area contributed by atoms with Crippen LogP contribution in [-0.4, -0.2) is 18.0 Å². The second-order valence-corrected chi connectivity index (χ2v) is 5.84. The molecule has 1 aromatic rings. The van der Waals surface area contributed by atoms with E-state index in [9.17, 15) is 27.2 Å². The molecule has 0 aliphatic heterocycles. The molecule has 0 saturated heterocycles. The summed E-state index contributed by atoms with van der Waals surface area (Å²) in [5, 5.41) is 2.21. The molecule has 0 radical (unpaired) electrons. The molecule has 0 aliphatic carbocycles. The van der Waals surface area contributed by atoms with Crippen LogP contribution in [0.3, 0.4) is 0 Å². The molecule has 0 bridgehead atoms. The van der Waals surface area contributed by atoms with Crippen LogP contribution in [0.2, 0.25) is 0 Å². The van der Waals surface area contributed by atoms with E-state index < -0.39 is 47.3 Å². The van der Waals surface area contributed by atoms with Crippen LogP contribution in [0.1, 0.15) is 44.4 Å². The van der Waals surface area contributed by atoms with Crippen molar-refractivity contribution in [2.75, 3.05) is 0 Å². The monoisotopic (exact) mass is 335 g/mol. The van der Waals surface area contributed by atoms with Gasteiger partial charge in [0, 0.05) is 12.0 Å². The second-order valence-electron chi connectivity index (χ2n) is 5.84. The molecule has 1 rings (SSSR count). The maximum Gasteiger partial charge on any atom is 0.416 e. The van der Waals surface area contributed by atoms with Crippen LogP contribution in [-0.2, 0) is 15.7 Å². The highest BCUT2D eigenvalue weighted by Crippen LogP contribution is 2.32. The van der Waals surface area contributed by atoms with Crippen molar-refractivity contribution in [3.8, 4) is 0 Å². The number of alkyl carbamates (subject to hydrolysis) is 1. The number of rotatable bonds is 4. The summed E-state index contributed by atoms with van der Waals surface area (Å²) in [6.07, 6.45) is -5.64. The Morgan fingerprint density at radius 1 is 1.30 bits per heavy atom. The van der Waals surface area contributed by atoms with Gasteiger partial charge in [-0.3, -0.25) is 0 Å². The minimum absolute atomic E-state index is 0.377. The van der Waals surface area contributed by atoms with E-state index in [0.717, 1.165) is 0 Å². The number of alkyl halides is 3. The molecular formula is C15H17F4NO3. The molecule has 0 unspecified atom stereocenters. The first-order valence-corrected chi connectivity index (χ1v) is 6.74. The Morgan fingerprint density at radius 3 is 2.39 bits per heavy atom. The lowest BCUT2D eigenvalue weighted by Gasteiger charge is -2.23. The van der Waals surface area contributed by atoms with Gasteiger partial charge in [0.15, 0.2) is 0 Å². The molecular weight excluding hydrogens is 318 g/mol. The van der Waals surface area contributed by atoms with Crippen molar-refractivity contribution in [1.29, 1.82) is 0 Å². The summed E-state index contributed by atoms with van der Waals surface area (Å²) in [5.74, 6) is -0.957. The summed E-state index contributed by atoms with van der Waals surface area (Å²) in [6.45, 7) is 4.77. The molecule has 0 spiro atoms. The van der Waals surface area contributed by atoms with Gasteiger partial charge in [-0.1, -0.05) is 0 Å². The van der Waals surface area contributed by atoms with Gasteiger partial charge in [-0.25, -0.2) is 9.18 Å². The summed E-state index contributed by atoms with van der Waals surface area (Å²) in [5.41, 5.74) is -2.35. The van der Waals surface area contributed by atoms with Crippen molar-refractivity contribution in [2.45, 2.75) is 45.0 Å². The zero-order valence-electron chi connectivity index (χ0n) is 12.8. The fourth-order valence-electron chi connectivity index (χ4n) is 1.80. The Balaban J connectivity index is 3.10. The lowest BCUT2D eigenvalue weighted by atomic mass is 10.0. The third-order valence-corrected chi connectivity index (χ3v) is 2.72. The Labute approximate surface area is 130 Å². The molecule has 8 heteroatoms. The number of benzene rings is 1. The summed E-state index contributed by atoms with van der Waals surface area (Å²) in [4.78, 5) is 22.4. The molecule has 0 aliphatic rings.